The summed E-state index contributed by atoms with van der Waals surface area (Å²) in [5.41, 5.74) is 0. The molecule has 0 amide bonds. The van der Waals surface area contributed by atoms with Crippen LogP contribution in [0.5, 0.6) is 0 Å². The van der Waals surface area contributed by atoms with Gasteiger partial charge in [-0.15, -0.1) is 0 Å². The molecule has 10 heteroatoms. The molecule has 0 saturated carbocycles. The van der Waals surface area contributed by atoms with E-state index in [1.165, 1.54) is 4.90 Å². The molecule has 0 saturated heterocycles. The monoisotopic (exact) mass is 334 g/mol. The first-order valence-corrected chi connectivity index (χ1v) is 7.02. The molecule has 0 radical (unpaired) electrons. The number of carboxylic acids is 4. The van der Waals surface area contributed by atoms with Gasteiger partial charge >= 0.3 is 23.9 Å². The predicted molar refractivity (Wildman–Crippen MR) is 77.3 cm³/mol. The van der Waals surface area contributed by atoms with Crippen molar-refractivity contribution in [2.24, 2.45) is 0 Å². The first-order chi connectivity index (χ1) is 10.7. The van der Waals surface area contributed by atoms with E-state index in [1.54, 1.807) is 4.90 Å². The molecule has 0 aliphatic carbocycles. The zero-order valence-corrected chi connectivity index (χ0v) is 12.7. The maximum absolute atomic E-state index is 10.7. The van der Waals surface area contributed by atoms with Crippen LogP contribution in [0, 0.1) is 0 Å². The van der Waals surface area contributed by atoms with Crippen LogP contribution in [0.25, 0.3) is 0 Å². The summed E-state index contributed by atoms with van der Waals surface area (Å²) in [6.45, 7) is 0.111. The van der Waals surface area contributed by atoms with Crippen LogP contribution in [0.2, 0.25) is 0 Å². The molecule has 23 heavy (non-hydrogen) atoms. The summed E-state index contributed by atoms with van der Waals surface area (Å²) >= 11 is 0. The molecule has 0 spiro atoms. The highest BCUT2D eigenvalue weighted by Gasteiger charge is 2.15. The van der Waals surface area contributed by atoms with Crippen molar-refractivity contribution in [3.63, 3.8) is 0 Å². The van der Waals surface area contributed by atoms with E-state index in [0.717, 1.165) is 0 Å². The van der Waals surface area contributed by atoms with Gasteiger partial charge in [-0.25, -0.2) is 0 Å². The van der Waals surface area contributed by atoms with E-state index in [1.807, 2.05) is 0 Å². The fourth-order valence-corrected chi connectivity index (χ4v) is 1.96. The lowest BCUT2D eigenvalue weighted by molar-refractivity contribution is -0.142. The van der Waals surface area contributed by atoms with Gasteiger partial charge < -0.3 is 25.3 Å². The molecule has 4 N–H and O–H groups in total. The minimum Gasteiger partial charge on any atom is -0.481 e. The van der Waals surface area contributed by atoms with E-state index in [0.29, 0.717) is 13.0 Å². The number of carbonyl (C=O) groups is 4. The average Bonchev–Trinajstić information content (AvgIpc) is 2.39. The van der Waals surface area contributed by atoms with Crippen LogP contribution in [0.1, 0.15) is 19.3 Å². The highest BCUT2D eigenvalue weighted by atomic mass is 16.4. The van der Waals surface area contributed by atoms with Gasteiger partial charge in [-0.2, -0.15) is 0 Å². The summed E-state index contributed by atoms with van der Waals surface area (Å²) < 4.78 is 0. The van der Waals surface area contributed by atoms with Gasteiger partial charge in [0.2, 0.25) is 0 Å². The third-order valence-electron chi connectivity index (χ3n) is 2.95. The Morgan fingerprint density at radius 2 is 0.957 bits per heavy atom. The Labute approximate surface area is 132 Å². The normalized spacial score (nSPS) is 10.9. The molecule has 0 aliphatic heterocycles. The van der Waals surface area contributed by atoms with Crippen LogP contribution in [0.4, 0.5) is 0 Å². The third-order valence-corrected chi connectivity index (χ3v) is 2.95. The van der Waals surface area contributed by atoms with E-state index in [2.05, 4.69) is 0 Å². The van der Waals surface area contributed by atoms with Gasteiger partial charge in [-0.3, -0.25) is 24.1 Å². The summed E-state index contributed by atoms with van der Waals surface area (Å²) in [6, 6.07) is 0. The molecule has 0 atom stereocenters. The maximum atomic E-state index is 10.7. The molecule has 0 aromatic rings. The molecular formula is C13H22N2O8. The highest BCUT2D eigenvalue weighted by molar-refractivity contribution is 5.72. The number of carboxylic acid groups (broad SMARTS) is 4. The topological polar surface area (TPSA) is 156 Å². The summed E-state index contributed by atoms with van der Waals surface area (Å²) in [5, 5.41) is 34.8. The van der Waals surface area contributed by atoms with Crippen molar-refractivity contribution in [1.29, 1.82) is 0 Å². The van der Waals surface area contributed by atoms with Crippen molar-refractivity contribution >= 4 is 23.9 Å². The van der Waals surface area contributed by atoms with Crippen molar-refractivity contribution in [1.82, 2.24) is 9.80 Å². The number of aliphatic carboxylic acids is 4. The van der Waals surface area contributed by atoms with Crippen LogP contribution >= 0.6 is 0 Å². The summed E-state index contributed by atoms with van der Waals surface area (Å²) in [7, 11) is 0. The van der Waals surface area contributed by atoms with Crippen molar-refractivity contribution in [2.45, 2.75) is 19.3 Å². The first-order valence-electron chi connectivity index (χ1n) is 7.02. The van der Waals surface area contributed by atoms with Gasteiger partial charge in [0.25, 0.3) is 0 Å². The maximum Gasteiger partial charge on any atom is 0.317 e. The minimum absolute atomic E-state index is 0.131. The van der Waals surface area contributed by atoms with Gasteiger partial charge in [0.05, 0.1) is 25.9 Å². The van der Waals surface area contributed by atoms with Gasteiger partial charge in [-0.1, -0.05) is 0 Å². The Balaban J connectivity index is 4.36. The Bertz CT molecular complexity index is 392. The van der Waals surface area contributed by atoms with E-state index in [4.69, 9.17) is 20.4 Å². The van der Waals surface area contributed by atoms with E-state index < -0.39 is 37.0 Å². The van der Waals surface area contributed by atoms with Crippen molar-refractivity contribution < 1.29 is 39.6 Å². The zero-order valence-electron chi connectivity index (χ0n) is 12.7. The van der Waals surface area contributed by atoms with Crippen molar-refractivity contribution in [2.75, 3.05) is 39.3 Å². The smallest absolute Gasteiger partial charge is 0.317 e. The molecule has 10 nitrogen and oxygen atoms in total. The molecule has 0 aromatic carbocycles. The summed E-state index contributed by atoms with van der Waals surface area (Å²) in [6.07, 6.45) is 0.140. The van der Waals surface area contributed by atoms with Crippen molar-refractivity contribution in [3.8, 4) is 0 Å². The molecule has 0 heterocycles. The van der Waals surface area contributed by atoms with Crippen LogP contribution in [-0.4, -0.2) is 93.4 Å². The van der Waals surface area contributed by atoms with E-state index >= 15 is 0 Å². The fourth-order valence-electron chi connectivity index (χ4n) is 1.96. The fraction of sp³-hybridized carbons (Fsp3) is 0.692. The van der Waals surface area contributed by atoms with Gasteiger partial charge in [0, 0.05) is 19.6 Å². The van der Waals surface area contributed by atoms with E-state index in [9.17, 15) is 19.2 Å². The Hall–Kier alpha value is -2.20. The van der Waals surface area contributed by atoms with E-state index in [-0.39, 0.29) is 32.5 Å². The lowest BCUT2D eigenvalue weighted by Crippen LogP contribution is -2.37. The summed E-state index contributed by atoms with van der Waals surface area (Å²) in [4.78, 5) is 45.4. The van der Waals surface area contributed by atoms with Gasteiger partial charge in [0.15, 0.2) is 0 Å². The quantitative estimate of drug-likeness (QED) is 0.314. The standard InChI is InChI=1S/C13H22N2O8/c16-10(17)2-6-14(7-3-11(18)19)4-1-5-15(8-12(20)21)9-13(22)23/h1-9H2,(H,16,17)(H,18,19)(H,20,21)(H,22,23). The largest absolute Gasteiger partial charge is 0.481 e. The molecule has 0 aliphatic rings. The summed E-state index contributed by atoms with van der Waals surface area (Å²) in [5.74, 6) is -4.27. The average molecular weight is 334 g/mol. The lowest BCUT2D eigenvalue weighted by atomic mass is 10.3. The molecule has 0 rings (SSSR count). The lowest BCUT2D eigenvalue weighted by Gasteiger charge is -2.23. The second-order valence-corrected chi connectivity index (χ2v) is 4.98. The van der Waals surface area contributed by atoms with Crippen LogP contribution in [0.15, 0.2) is 0 Å². The molecule has 0 aromatic heterocycles. The Kier molecular flexibility index (Phi) is 10.3. The minimum atomic E-state index is -1.14. The molecule has 0 bridgehead atoms. The Morgan fingerprint density at radius 3 is 1.30 bits per heavy atom. The number of hydrogen-bond acceptors (Lipinski definition) is 6. The third kappa shape index (κ3) is 13.2. The van der Waals surface area contributed by atoms with Gasteiger partial charge in [0.1, 0.15) is 0 Å². The highest BCUT2D eigenvalue weighted by Crippen LogP contribution is 2.00. The molecule has 0 unspecified atom stereocenters. The van der Waals surface area contributed by atoms with Crippen LogP contribution < -0.4 is 0 Å². The first kappa shape index (κ1) is 20.8. The molecular weight excluding hydrogens is 312 g/mol. The second kappa shape index (κ2) is 11.4. The molecule has 0 fully saturated rings. The van der Waals surface area contributed by atoms with Crippen LogP contribution in [0.3, 0.4) is 0 Å². The number of nitrogens with zero attached hydrogens (tertiary/aromatic N) is 2. The SMILES string of the molecule is O=C(O)CCN(CCCN(CC(=O)O)CC(=O)O)CCC(=O)O. The molecule has 132 valence electrons. The zero-order chi connectivity index (χ0) is 17.8. The van der Waals surface area contributed by atoms with Crippen molar-refractivity contribution in [3.05, 3.63) is 0 Å². The van der Waals surface area contributed by atoms with Crippen LogP contribution in [-0.2, 0) is 19.2 Å². The predicted octanol–water partition coefficient (Wildman–Crippen LogP) is -0.901. The Morgan fingerprint density at radius 1 is 0.565 bits per heavy atom. The second-order valence-electron chi connectivity index (χ2n) is 4.98. The van der Waals surface area contributed by atoms with Gasteiger partial charge in [-0.05, 0) is 13.0 Å². The number of hydrogen-bond donors (Lipinski definition) is 4. The number of rotatable bonds is 14.